The van der Waals surface area contributed by atoms with Crippen LogP contribution in [0.25, 0.3) is 6.08 Å². The number of hydrogen-bond donors (Lipinski definition) is 2. The molecular formula is C12H13NO4. The number of aryl methyl sites for hydroxylation is 1. The number of aromatic hydroxyl groups is 1. The highest BCUT2D eigenvalue weighted by molar-refractivity contribution is 5.76. The average molecular weight is 235 g/mol. The van der Waals surface area contributed by atoms with Crippen molar-refractivity contribution in [1.82, 2.24) is 5.32 Å². The van der Waals surface area contributed by atoms with Crippen molar-refractivity contribution in [3.63, 3.8) is 0 Å². The predicted molar refractivity (Wildman–Crippen MR) is 61.8 cm³/mol. The van der Waals surface area contributed by atoms with Crippen LogP contribution in [-0.2, 0) is 14.3 Å². The zero-order valence-electron chi connectivity index (χ0n) is 9.56. The zero-order chi connectivity index (χ0) is 12.8. The molecule has 0 fully saturated rings. The summed E-state index contributed by atoms with van der Waals surface area (Å²) in [6, 6.07) is 4.73. The van der Waals surface area contributed by atoms with Gasteiger partial charge in [0, 0.05) is 13.0 Å². The molecule has 0 aliphatic carbocycles. The molecule has 0 aromatic heterocycles. The van der Waals surface area contributed by atoms with Crippen LogP contribution < -0.4 is 5.32 Å². The van der Waals surface area contributed by atoms with Crippen molar-refractivity contribution in [2.45, 2.75) is 13.8 Å². The third-order valence-electron chi connectivity index (χ3n) is 2.01. The normalized spacial score (nSPS) is 10.8. The Morgan fingerprint density at radius 1 is 1.47 bits per heavy atom. The van der Waals surface area contributed by atoms with Gasteiger partial charge in [0.1, 0.15) is 5.75 Å². The second-order valence-electron chi connectivity index (χ2n) is 3.44. The summed E-state index contributed by atoms with van der Waals surface area (Å²) >= 11 is 0. The van der Waals surface area contributed by atoms with Crippen molar-refractivity contribution >= 4 is 18.5 Å². The van der Waals surface area contributed by atoms with E-state index in [9.17, 15) is 14.7 Å². The Balaban J connectivity index is 3.02. The maximum atomic E-state index is 10.9. The second kappa shape index (κ2) is 5.69. The molecule has 2 N–H and O–H groups in total. The summed E-state index contributed by atoms with van der Waals surface area (Å²) in [4.78, 5) is 21.1. The Morgan fingerprint density at radius 2 is 2.18 bits per heavy atom. The summed E-state index contributed by atoms with van der Waals surface area (Å²) in [6.45, 7) is 3.33. The van der Waals surface area contributed by atoms with Gasteiger partial charge in [0.15, 0.2) is 0 Å². The molecule has 0 spiro atoms. The van der Waals surface area contributed by atoms with Crippen LogP contribution in [0.5, 0.6) is 5.75 Å². The van der Waals surface area contributed by atoms with Crippen molar-refractivity contribution in [3.8, 4) is 5.75 Å². The van der Waals surface area contributed by atoms with E-state index in [4.69, 9.17) is 0 Å². The van der Waals surface area contributed by atoms with Crippen LogP contribution in [-0.4, -0.2) is 17.5 Å². The standard InChI is InChI=1S/C12H13NO4/c1-8-5-11(16)4-3-10(8)6-12(17-7-14)13-9(2)15/h3-7,16H,1-2H3,(H,13,15)/b12-6-. The van der Waals surface area contributed by atoms with Gasteiger partial charge in [-0.05, 0) is 30.2 Å². The predicted octanol–water partition coefficient (Wildman–Crippen LogP) is 1.31. The number of nitrogens with one attached hydrogen (secondary N) is 1. The lowest BCUT2D eigenvalue weighted by molar-refractivity contribution is -0.126. The fraction of sp³-hybridized carbons (Fsp3) is 0.167. The molecule has 1 aromatic carbocycles. The fourth-order valence-electron chi connectivity index (χ4n) is 1.29. The maximum Gasteiger partial charge on any atom is 0.299 e. The first kappa shape index (κ1) is 12.8. The summed E-state index contributed by atoms with van der Waals surface area (Å²) in [6.07, 6.45) is 1.50. The van der Waals surface area contributed by atoms with E-state index in [0.29, 0.717) is 0 Å². The summed E-state index contributed by atoms with van der Waals surface area (Å²) in [5, 5.41) is 11.6. The number of ether oxygens (including phenoxy) is 1. The molecule has 0 saturated heterocycles. The van der Waals surface area contributed by atoms with Crippen LogP contribution in [0.1, 0.15) is 18.1 Å². The first-order valence-electron chi connectivity index (χ1n) is 4.92. The van der Waals surface area contributed by atoms with Crippen LogP contribution in [0.4, 0.5) is 0 Å². The van der Waals surface area contributed by atoms with Crippen LogP contribution >= 0.6 is 0 Å². The highest BCUT2D eigenvalue weighted by Gasteiger charge is 2.03. The quantitative estimate of drug-likeness (QED) is 0.609. The van der Waals surface area contributed by atoms with Gasteiger partial charge in [-0.25, -0.2) is 0 Å². The number of phenols is 1. The van der Waals surface area contributed by atoms with Crippen molar-refractivity contribution in [1.29, 1.82) is 0 Å². The SMILES string of the molecule is CC(=O)N/C(=C/c1ccc(O)cc1C)OC=O. The van der Waals surface area contributed by atoms with E-state index in [1.165, 1.54) is 19.1 Å². The molecule has 0 radical (unpaired) electrons. The minimum absolute atomic E-state index is 0.0429. The summed E-state index contributed by atoms with van der Waals surface area (Å²) in [5.41, 5.74) is 1.52. The first-order chi connectivity index (χ1) is 8.02. The van der Waals surface area contributed by atoms with E-state index in [1.54, 1.807) is 19.1 Å². The first-order valence-corrected chi connectivity index (χ1v) is 4.92. The Labute approximate surface area is 98.7 Å². The molecule has 5 nitrogen and oxygen atoms in total. The maximum absolute atomic E-state index is 10.9. The van der Waals surface area contributed by atoms with E-state index >= 15 is 0 Å². The average Bonchev–Trinajstić information content (AvgIpc) is 2.21. The van der Waals surface area contributed by atoms with Gasteiger partial charge in [-0.2, -0.15) is 0 Å². The van der Waals surface area contributed by atoms with Crippen LogP contribution in [0.3, 0.4) is 0 Å². The molecule has 0 aliphatic heterocycles. The van der Waals surface area contributed by atoms with Gasteiger partial charge in [0.05, 0.1) is 0 Å². The smallest absolute Gasteiger partial charge is 0.299 e. The summed E-state index contributed by atoms with van der Waals surface area (Å²) < 4.78 is 4.63. The molecular weight excluding hydrogens is 222 g/mol. The van der Waals surface area contributed by atoms with Gasteiger partial charge in [0.25, 0.3) is 6.47 Å². The summed E-state index contributed by atoms with van der Waals surface area (Å²) in [5.74, 6) is -0.146. The molecule has 17 heavy (non-hydrogen) atoms. The number of hydrogen-bond acceptors (Lipinski definition) is 4. The van der Waals surface area contributed by atoms with Crippen molar-refractivity contribution in [3.05, 3.63) is 35.2 Å². The van der Waals surface area contributed by atoms with E-state index in [-0.39, 0.29) is 24.0 Å². The number of carbonyl (C=O) groups is 2. The summed E-state index contributed by atoms with van der Waals surface area (Å²) in [7, 11) is 0. The van der Waals surface area contributed by atoms with Crippen LogP contribution in [0.2, 0.25) is 0 Å². The lowest BCUT2D eigenvalue weighted by atomic mass is 10.1. The van der Waals surface area contributed by atoms with Gasteiger partial charge in [-0.15, -0.1) is 0 Å². The second-order valence-corrected chi connectivity index (χ2v) is 3.44. The molecule has 0 aliphatic rings. The lowest BCUT2D eigenvalue weighted by Gasteiger charge is -2.06. The molecule has 0 saturated carbocycles. The number of amides is 1. The minimum atomic E-state index is -0.338. The van der Waals surface area contributed by atoms with Crippen LogP contribution in [0.15, 0.2) is 24.1 Å². The molecule has 0 unspecified atom stereocenters. The largest absolute Gasteiger partial charge is 0.508 e. The Morgan fingerprint density at radius 3 is 2.71 bits per heavy atom. The number of carbonyl (C=O) groups excluding carboxylic acids is 2. The van der Waals surface area contributed by atoms with E-state index < -0.39 is 0 Å². The van der Waals surface area contributed by atoms with Gasteiger partial charge < -0.3 is 9.84 Å². The molecule has 0 atom stereocenters. The van der Waals surface area contributed by atoms with E-state index in [2.05, 4.69) is 10.1 Å². The minimum Gasteiger partial charge on any atom is -0.508 e. The number of benzene rings is 1. The molecule has 0 heterocycles. The lowest BCUT2D eigenvalue weighted by Crippen LogP contribution is -2.20. The molecule has 1 amide bonds. The Kier molecular flexibility index (Phi) is 4.28. The van der Waals surface area contributed by atoms with E-state index in [0.717, 1.165) is 11.1 Å². The molecule has 5 heteroatoms. The molecule has 0 bridgehead atoms. The molecule has 1 aromatic rings. The van der Waals surface area contributed by atoms with Crippen molar-refractivity contribution < 1.29 is 19.4 Å². The van der Waals surface area contributed by atoms with E-state index in [1.807, 2.05) is 0 Å². The van der Waals surface area contributed by atoms with Gasteiger partial charge >= 0.3 is 0 Å². The molecule has 1 rings (SSSR count). The van der Waals surface area contributed by atoms with Gasteiger partial charge in [-0.3, -0.25) is 14.9 Å². The van der Waals surface area contributed by atoms with Gasteiger partial charge in [-0.1, -0.05) is 6.07 Å². The van der Waals surface area contributed by atoms with Crippen molar-refractivity contribution in [2.24, 2.45) is 0 Å². The number of rotatable bonds is 4. The third-order valence-corrected chi connectivity index (χ3v) is 2.01. The Hall–Kier alpha value is -2.30. The van der Waals surface area contributed by atoms with Crippen LogP contribution in [0, 0.1) is 6.92 Å². The zero-order valence-corrected chi connectivity index (χ0v) is 9.56. The van der Waals surface area contributed by atoms with Crippen molar-refractivity contribution in [2.75, 3.05) is 0 Å². The number of phenolic OH excluding ortho intramolecular Hbond substituents is 1. The monoisotopic (exact) mass is 235 g/mol. The van der Waals surface area contributed by atoms with Gasteiger partial charge in [0.2, 0.25) is 11.8 Å². The third kappa shape index (κ3) is 3.98. The molecule has 90 valence electrons. The fourth-order valence-corrected chi connectivity index (χ4v) is 1.29. The highest BCUT2D eigenvalue weighted by Crippen LogP contribution is 2.17. The Bertz CT molecular complexity index is 466. The highest BCUT2D eigenvalue weighted by atomic mass is 16.5. The topological polar surface area (TPSA) is 75.6 Å².